The van der Waals surface area contributed by atoms with E-state index in [1.165, 1.54) is 0 Å². The van der Waals surface area contributed by atoms with Crippen molar-refractivity contribution in [3.8, 4) is 17.0 Å². The molecule has 0 fully saturated rings. The lowest BCUT2D eigenvalue weighted by molar-refractivity contribution is 0.262. The molecule has 0 aliphatic carbocycles. The van der Waals surface area contributed by atoms with Crippen molar-refractivity contribution in [2.45, 2.75) is 0 Å². The van der Waals surface area contributed by atoms with Crippen LogP contribution in [0.25, 0.3) is 17.0 Å². The summed E-state index contributed by atoms with van der Waals surface area (Å²) >= 11 is 0. The predicted molar refractivity (Wildman–Crippen MR) is 104 cm³/mol. The molecule has 0 saturated heterocycles. The summed E-state index contributed by atoms with van der Waals surface area (Å²) in [6, 6.07) is 16.2. The number of hydrogen-bond donors (Lipinski definition) is 2. The number of nitrogens with zero attached hydrogens (tertiary/aromatic N) is 3. The number of rotatable bonds is 4. The van der Waals surface area contributed by atoms with Crippen LogP contribution in [0.2, 0.25) is 0 Å². The average molecular weight is 359 g/mol. The number of imidazole rings is 1. The third kappa shape index (κ3) is 3.57. The second-order valence-electron chi connectivity index (χ2n) is 5.81. The normalized spacial score (nSPS) is 10.6. The molecule has 4 rings (SSSR count). The van der Waals surface area contributed by atoms with Crippen LogP contribution in [0.1, 0.15) is 0 Å². The largest absolute Gasteiger partial charge is 0.495 e. The summed E-state index contributed by atoms with van der Waals surface area (Å²) in [6.45, 7) is 0. The molecule has 2 aromatic heterocycles. The van der Waals surface area contributed by atoms with Gasteiger partial charge in [0.2, 0.25) is 5.78 Å². The van der Waals surface area contributed by atoms with Gasteiger partial charge in [-0.2, -0.15) is 0 Å². The molecule has 4 aromatic rings. The molecule has 27 heavy (non-hydrogen) atoms. The van der Waals surface area contributed by atoms with Crippen LogP contribution in [0.15, 0.2) is 73.2 Å². The summed E-state index contributed by atoms with van der Waals surface area (Å²) in [7, 11) is 1.56. The third-order valence-electron chi connectivity index (χ3n) is 4.01. The highest BCUT2D eigenvalue weighted by Crippen LogP contribution is 2.30. The van der Waals surface area contributed by atoms with Crippen molar-refractivity contribution < 1.29 is 9.53 Å². The van der Waals surface area contributed by atoms with Crippen molar-refractivity contribution in [3.63, 3.8) is 0 Å². The van der Waals surface area contributed by atoms with Gasteiger partial charge in [0.05, 0.1) is 18.5 Å². The summed E-state index contributed by atoms with van der Waals surface area (Å²) in [5, 5.41) is 5.62. The van der Waals surface area contributed by atoms with Crippen molar-refractivity contribution in [2.24, 2.45) is 0 Å². The van der Waals surface area contributed by atoms with E-state index in [1.807, 2.05) is 65.3 Å². The Labute approximate surface area is 155 Å². The molecule has 2 amide bonds. The van der Waals surface area contributed by atoms with E-state index in [-0.39, 0.29) is 6.03 Å². The number of hydrogen-bond acceptors (Lipinski definition) is 4. The van der Waals surface area contributed by atoms with Crippen molar-refractivity contribution in [1.82, 2.24) is 14.4 Å². The first-order chi connectivity index (χ1) is 13.2. The molecule has 0 spiro atoms. The standard InChI is InChI=1S/C20H17N5O2/c1-27-18-9-8-14(17-13-25-11-5-10-21-19(25)23-17)12-16(18)24-20(26)22-15-6-3-2-4-7-15/h2-13H,1H3,(H2,22,24,26). The Morgan fingerprint density at radius 3 is 2.70 bits per heavy atom. The molecule has 0 aliphatic rings. The summed E-state index contributed by atoms with van der Waals surface area (Å²) < 4.78 is 7.21. The molecule has 2 heterocycles. The Morgan fingerprint density at radius 2 is 1.93 bits per heavy atom. The second-order valence-corrected chi connectivity index (χ2v) is 5.81. The van der Waals surface area contributed by atoms with Gasteiger partial charge in [-0.3, -0.25) is 4.40 Å². The van der Waals surface area contributed by atoms with Crippen LogP contribution < -0.4 is 15.4 Å². The molecular formula is C20H17N5O2. The maximum absolute atomic E-state index is 12.3. The number of benzene rings is 2. The van der Waals surface area contributed by atoms with Crippen LogP contribution in [-0.4, -0.2) is 27.5 Å². The monoisotopic (exact) mass is 359 g/mol. The van der Waals surface area contributed by atoms with Gasteiger partial charge >= 0.3 is 6.03 Å². The number of fused-ring (bicyclic) bond motifs is 1. The Bertz CT molecular complexity index is 1060. The quantitative estimate of drug-likeness (QED) is 0.576. The molecule has 0 radical (unpaired) electrons. The maximum Gasteiger partial charge on any atom is 0.323 e. The van der Waals surface area contributed by atoms with Crippen molar-refractivity contribution in [3.05, 3.63) is 73.2 Å². The van der Waals surface area contributed by atoms with Crippen molar-refractivity contribution in [1.29, 1.82) is 0 Å². The van der Waals surface area contributed by atoms with Gasteiger partial charge in [-0.1, -0.05) is 18.2 Å². The van der Waals surface area contributed by atoms with Gasteiger partial charge in [0.1, 0.15) is 5.75 Å². The van der Waals surface area contributed by atoms with Gasteiger partial charge in [0.25, 0.3) is 0 Å². The minimum Gasteiger partial charge on any atom is -0.495 e. The Morgan fingerprint density at radius 1 is 1.07 bits per heavy atom. The van der Waals surface area contributed by atoms with Crippen LogP contribution in [-0.2, 0) is 0 Å². The highest BCUT2D eigenvalue weighted by atomic mass is 16.5. The van der Waals surface area contributed by atoms with E-state index in [0.717, 1.165) is 11.3 Å². The van der Waals surface area contributed by atoms with Crippen molar-refractivity contribution in [2.75, 3.05) is 17.7 Å². The van der Waals surface area contributed by atoms with Crippen LogP contribution in [0.5, 0.6) is 5.75 Å². The zero-order valence-electron chi connectivity index (χ0n) is 14.6. The predicted octanol–water partition coefficient (Wildman–Crippen LogP) is 4.05. The van der Waals surface area contributed by atoms with Crippen LogP contribution in [0, 0.1) is 0 Å². The summed E-state index contributed by atoms with van der Waals surface area (Å²) in [6.07, 6.45) is 5.47. The van der Waals surface area contributed by atoms with Crippen LogP contribution in [0.4, 0.5) is 16.2 Å². The molecule has 0 saturated carbocycles. The summed E-state index contributed by atoms with van der Waals surface area (Å²) in [5.41, 5.74) is 2.85. The van der Waals surface area contributed by atoms with Gasteiger partial charge < -0.3 is 15.4 Å². The van der Waals surface area contributed by atoms with E-state index in [2.05, 4.69) is 20.6 Å². The fourth-order valence-electron chi connectivity index (χ4n) is 2.74. The average Bonchev–Trinajstić information content (AvgIpc) is 3.13. The number of ether oxygens (including phenoxy) is 1. The zero-order chi connectivity index (χ0) is 18.6. The number of nitrogens with one attached hydrogen (secondary N) is 2. The fourth-order valence-corrected chi connectivity index (χ4v) is 2.74. The second kappa shape index (κ2) is 7.17. The third-order valence-corrected chi connectivity index (χ3v) is 4.01. The maximum atomic E-state index is 12.3. The van der Waals surface area contributed by atoms with Crippen LogP contribution in [0.3, 0.4) is 0 Å². The molecule has 7 nitrogen and oxygen atoms in total. The zero-order valence-corrected chi connectivity index (χ0v) is 14.6. The number of carbonyl (C=O) groups excluding carboxylic acids is 1. The SMILES string of the molecule is COc1ccc(-c2cn3cccnc3n2)cc1NC(=O)Nc1ccccc1. The highest BCUT2D eigenvalue weighted by Gasteiger charge is 2.12. The lowest BCUT2D eigenvalue weighted by Gasteiger charge is -2.12. The number of amides is 2. The van der Waals surface area contributed by atoms with E-state index in [0.29, 0.717) is 22.9 Å². The van der Waals surface area contributed by atoms with E-state index in [1.54, 1.807) is 19.4 Å². The Kier molecular flexibility index (Phi) is 4.40. The highest BCUT2D eigenvalue weighted by molar-refractivity contribution is 6.01. The lowest BCUT2D eigenvalue weighted by Crippen LogP contribution is -2.19. The molecule has 0 bridgehead atoms. The van der Waals surface area contributed by atoms with E-state index < -0.39 is 0 Å². The minimum absolute atomic E-state index is 0.353. The smallest absolute Gasteiger partial charge is 0.323 e. The van der Waals surface area contributed by atoms with Gasteiger partial charge in [-0.15, -0.1) is 0 Å². The Balaban J connectivity index is 1.61. The molecule has 2 N–H and O–H groups in total. The summed E-state index contributed by atoms with van der Waals surface area (Å²) in [5.74, 6) is 1.17. The van der Waals surface area contributed by atoms with Crippen LogP contribution >= 0.6 is 0 Å². The Hall–Kier alpha value is -3.87. The van der Waals surface area contributed by atoms with Crippen molar-refractivity contribution >= 4 is 23.2 Å². The minimum atomic E-state index is -0.353. The number of anilines is 2. The van der Waals surface area contributed by atoms with Gasteiger partial charge in [-0.25, -0.2) is 14.8 Å². The topological polar surface area (TPSA) is 80.6 Å². The molecule has 0 unspecified atom stereocenters. The number of para-hydroxylation sites is 1. The fraction of sp³-hybridized carbons (Fsp3) is 0.0500. The van der Waals surface area contributed by atoms with Gasteiger partial charge in [-0.05, 0) is 36.4 Å². The molecular weight excluding hydrogens is 342 g/mol. The van der Waals surface area contributed by atoms with E-state index >= 15 is 0 Å². The first kappa shape index (κ1) is 16.6. The molecule has 0 aliphatic heterocycles. The number of aromatic nitrogens is 3. The van der Waals surface area contributed by atoms with Gasteiger partial charge in [0.15, 0.2) is 0 Å². The summed E-state index contributed by atoms with van der Waals surface area (Å²) in [4.78, 5) is 21.1. The molecule has 7 heteroatoms. The first-order valence-electron chi connectivity index (χ1n) is 8.34. The number of urea groups is 1. The van der Waals surface area contributed by atoms with E-state index in [4.69, 9.17) is 4.74 Å². The molecule has 2 aromatic carbocycles. The lowest BCUT2D eigenvalue weighted by atomic mass is 10.1. The molecule has 134 valence electrons. The van der Waals surface area contributed by atoms with E-state index in [9.17, 15) is 4.79 Å². The number of carbonyl (C=O) groups is 1. The number of methoxy groups -OCH3 is 1. The molecule has 0 atom stereocenters. The first-order valence-corrected chi connectivity index (χ1v) is 8.34. The van der Waals surface area contributed by atoms with Gasteiger partial charge in [0, 0.05) is 29.8 Å².